The van der Waals surface area contributed by atoms with Gasteiger partial charge in [-0.3, -0.25) is 4.79 Å². The minimum absolute atomic E-state index is 0.133. The Labute approximate surface area is 177 Å². The van der Waals surface area contributed by atoms with Gasteiger partial charge in [-0.05, 0) is 71.2 Å². The van der Waals surface area contributed by atoms with Gasteiger partial charge in [0.25, 0.3) is 5.91 Å². The molecule has 1 aliphatic carbocycles. The molecule has 0 heterocycles. The number of aryl methyl sites for hydroxylation is 1. The highest BCUT2D eigenvalue weighted by Crippen LogP contribution is 2.25. The van der Waals surface area contributed by atoms with Crippen molar-refractivity contribution in [2.75, 3.05) is 33.8 Å². The van der Waals surface area contributed by atoms with Gasteiger partial charge in [0.2, 0.25) is 0 Å². The highest BCUT2D eigenvalue weighted by Gasteiger charge is 2.27. The van der Waals surface area contributed by atoms with E-state index in [1.54, 1.807) is 0 Å². The summed E-state index contributed by atoms with van der Waals surface area (Å²) in [7, 11) is 4.09. The van der Waals surface area contributed by atoms with Crippen LogP contribution < -0.4 is 0 Å². The zero-order valence-electron chi connectivity index (χ0n) is 18.7. The molecule has 2 rings (SSSR count). The quantitative estimate of drug-likeness (QED) is 0.363. The lowest BCUT2D eigenvalue weighted by molar-refractivity contribution is 0.00908. The zero-order chi connectivity index (χ0) is 21.1. The average Bonchev–Trinajstić information content (AvgIpc) is 2.73. The summed E-state index contributed by atoms with van der Waals surface area (Å²) < 4.78 is 6.11. The Bertz CT molecular complexity index is 606. The molecular formula is C25H40N2O2. The molecule has 4 nitrogen and oxygen atoms in total. The molecule has 0 atom stereocenters. The molecule has 1 amide bonds. The fourth-order valence-corrected chi connectivity index (χ4v) is 4.06. The first-order valence-corrected chi connectivity index (χ1v) is 11.3. The first kappa shape index (κ1) is 23.6. The van der Waals surface area contributed by atoms with E-state index in [-0.39, 0.29) is 5.91 Å². The van der Waals surface area contributed by atoms with Crippen molar-refractivity contribution >= 4 is 5.91 Å². The molecule has 1 fully saturated rings. The second-order valence-corrected chi connectivity index (χ2v) is 8.55. The van der Waals surface area contributed by atoms with Gasteiger partial charge < -0.3 is 14.5 Å². The summed E-state index contributed by atoms with van der Waals surface area (Å²) in [5, 5.41) is 0. The van der Waals surface area contributed by atoms with Crippen molar-refractivity contribution in [2.24, 2.45) is 0 Å². The first-order valence-electron chi connectivity index (χ1n) is 11.3. The molecule has 0 radical (unpaired) electrons. The number of hydrogen-bond acceptors (Lipinski definition) is 3. The van der Waals surface area contributed by atoms with Crippen LogP contribution in [0.1, 0.15) is 67.3 Å². The van der Waals surface area contributed by atoms with Crippen LogP contribution >= 0.6 is 0 Å². The fraction of sp³-hybridized carbons (Fsp3) is 0.640. The molecule has 1 aromatic rings. The van der Waals surface area contributed by atoms with E-state index < -0.39 is 0 Å². The molecule has 0 bridgehead atoms. The minimum Gasteiger partial charge on any atom is -0.378 e. The van der Waals surface area contributed by atoms with Crippen molar-refractivity contribution in [3.05, 3.63) is 48.0 Å². The molecule has 1 aliphatic rings. The number of benzene rings is 1. The van der Waals surface area contributed by atoms with Crippen molar-refractivity contribution in [1.29, 1.82) is 0 Å². The smallest absolute Gasteiger partial charge is 0.253 e. The molecule has 0 aliphatic heterocycles. The van der Waals surface area contributed by atoms with Crippen LogP contribution in [0.5, 0.6) is 0 Å². The summed E-state index contributed by atoms with van der Waals surface area (Å²) in [6, 6.07) is 8.20. The highest BCUT2D eigenvalue weighted by molar-refractivity contribution is 5.94. The topological polar surface area (TPSA) is 32.8 Å². The molecule has 1 aromatic carbocycles. The standard InChI is InChI=1S/C25H40N2O2/c1-5-18-26(3)19-8-6-7-9-20-29-24-16-14-23(15-17-24)27(4)25(28)22-12-10-21(2)11-13-22/h5,10-13,23-24H,1,6-9,14-20H2,2-4H3. The van der Waals surface area contributed by atoms with Gasteiger partial charge in [-0.1, -0.05) is 36.6 Å². The van der Waals surface area contributed by atoms with Gasteiger partial charge in [0.15, 0.2) is 0 Å². The number of ether oxygens (including phenoxy) is 1. The normalized spacial score (nSPS) is 19.3. The molecule has 0 N–H and O–H groups in total. The monoisotopic (exact) mass is 400 g/mol. The van der Waals surface area contributed by atoms with Crippen molar-refractivity contribution in [1.82, 2.24) is 9.80 Å². The fourth-order valence-electron chi connectivity index (χ4n) is 4.06. The van der Waals surface area contributed by atoms with Crippen LogP contribution in [-0.4, -0.2) is 61.6 Å². The van der Waals surface area contributed by atoms with Crippen LogP contribution in [0.15, 0.2) is 36.9 Å². The number of hydrogen-bond donors (Lipinski definition) is 0. The Kier molecular flexibility index (Phi) is 10.4. The average molecular weight is 401 g/mol. The molecule has 0 spiro atoms. The number of carbonyl (C=O) groups excluding carboxylic acids is 1. The SMILES string of the molecule is C=CCN(C)CCCCCCOC1CCC(N(C)C(=O)c2ccc(C)cc2)CC1. The summed E-state index contributed by atoms with van der Waals surface area (Å²) in [5.74, 6) is 0.133. The summed E-state index contributed by atoms with van der Waals surface area (Å²) >= 11 is 0. The van der Waals surface area contributed by atoms with Gasteiger partial charge in [-0.15, -0.1) is 6.58 Å². The van der Waals surface area contributed by atoms with Crippen molar-refractivity contribution in [3.8, 4) is 0 Å². The van der Waals surface area contributed by atoms with Crippen molar-refractivity contribution < 1.29 is 9.53 Å². The zero-order valence-corrected chi connectivity index (χ0v) is 18.7. The molecule has 29 heavy (non-hydrogen) atoms. The maximum Gasteiger partial charge on any atom is 0.253 e. The van der Waals surface area contributed by atoms with Gasteiger partial charge in [0.1, 0.15) is 0 Å². The summed E-state index contributed by atoms with van der Waals surface area (Å²) in [6.45, 7) is 8.80. The molecule has 0 saturated heterocycles. The van der Waals surface area contributed by atoms with Crippen LogP contribution in [0.2, 0.25) is 0 Å². The Morgan fingerprint density at radius 1 is 1.07 bits per heavy atom. The number of amides is 1. The van der Waals surface area contributed by atoms with E-state index in [4.69, 9.17) is 4.74 Å². The van der Waals surface area contributed by atoms with Gasteiger partial charge >= 0.3 is 0 Å². The third-order valence-electron chi connectivity index (χ3n) is 6.04. The Morgan fingerprint density at radius 2 is 1.72 bits per heavy atom. The van der Waals surface area contributed by atoms with Crippen LogP contribution in [0.3, 0.4) is 0 Å². The lowest BCUT2D eigenvalue weighted by atomic mass is 9.91. The van der Waals surface area contributed by atoms with Crippen LogP contribution in [0.4, 0.5) is 0 Å². The van der Waals surface area contributed by atoms with Crippen LogP contribution in [-0.2, 0) is 4.74 Å². The molecule has 0 unspecified atom stereocenters. The van der Waals surface area contributed by atoms with Crippen molar-refractivity contribution in [2.45, 2.75) is 70.4 Å². The van der Waals surface area contributed by atoms with Gasteiger partial charge in [0.05, 0.1) is 6.10 Å². The van der Waals surface area contributed by atoms with E-state index in [9.17, 15) is 4.79 Å². The second-order valence-electron chi connectivity index (χ2n) is 8.55. The highest BCUT2D eigenvalue weighted by atomic mass is 16.5. The number of likely N-dealkylation sites (N-methyl/N-ethyl adjacent to an activating group) is 1. The molecule has 1 saturated carbocycles. The van der Waals surface area contributed by atoms with E-state index in [0.717, 1.165) is 57.4 Å². The number of unbranched alkanes of at least 4 members (excludes halogenated alkanes) is 3. The van der Waals surface area contributed by atoms with E-state index >= 15 is 0 Å². The van der Waals surface area contributed by atoms with E-state index in [1.807, 2.05) is 49.2 Å². The Balaban J connectivity index is 1.57. The molecule has 0 aromatic heterocycles. The largest absolute Gasteiger partial charge is 0.378 e. The van der Waals surface area contributed by atoms with Crippen LogP contribution in [0, 0.1) is 6.92 Å². The Morgan fingerprint density at radius 3 is 2.38 bits per heavy atom. The first-order chi connectivity index (χ1) is 14.0. The predicted octanol–water partition coefficient (Wildman–Crippen LogP) is 5.07. The minimum atomic E-state index is 0.133. The molecule has 4 heteroatoms. The lowest BCUT2D eigenvalue weighted by Gasteiger charge is -2.34. The lowest BCUT2D eigenvalue weighted by Crippen LogP contribution is -2.40. The third-order valence-corrected chi connectivity index (χ3v) is 6.04. The summed E-state index contributed by atoms with van der Waals surface area (Å²) in [4.78, 5) is 16.9. The van der Waals surface area contributed by atoms with E-state index in [2.05, 4.69) is 18.5 Å². The number of nitrogens with zero attached hydrogens (tertiary/aromatic N) is 2. The molecule has 162 valence electrons. The van der Waals surface area contributed by atoms with E-state index in [0.29, 0.717) is 12.1 Å². The van der Waals surface area contributed by atoms with Gasteiger partial charge in [-0.2, -0.15) is 0 Å². The van der Waals surface area contributed by atoms with Gasteiger partial charge in [0, 0.05) is 31.8 Å². The maximum atomic E-state index is 12.7. The summed E-state index contributed by atoms with van der Waals surface area (Å²) in [5.41, 5.74) is 1.97. The third kappa shape index (κ3) is 8.31. The maximum absolute atomic E-state index is 12.7. The van der Waals surface area contributed by atoms with Crippen LogP contribution in [0.25, 0.3) is 0 Å². The number of carbonyl (C=O) groups is 1. The van der Waals surface area contributed by atoms with E-state index in [1.165, 1.54) is 24.8 Å². The summed E-state index contributed by atoms with van der Waals surface area (Å²) in [6.07, 6.45) is 11.4. The molecular weight excluding hydrogens is 360 g/mol. The number of rotatable bonds is 12. The second kappa shape index (κ2) is 12.8. The predicted molar refractivity (Wildman–Crippen MR) is 121 cm³/mol. The van der Waals surface area contributed by atoms with Crippen molar-refractivity contribution in [3.63, 3.8) is 0 Å². The Hall–Kier alpha value is -1.65. The van der Waals surface area contributed by atoms with Gasteiger partial charge in [-0.25, -0.2) is 0 Å².